The van der Waals surface area contributed by atoms with Gasteiger partial charge in [-0.05, 0) is 104 Å². The van der Waals surface area contributed by atoms with Gasteiger partial charge in [0.2, 0.25) is 0 Å². The van der Waals surface area contributed by atoms with E-state index in [1.54, 1.807) is 0 Å². The summed E-state index contributed by atoms with van der Waals surface area (Å²) in [5, 5.41) is 10.3. The highest BCUT2D eigenvalue weighted by atomic mass is 16.5. The highest BCUT2D eigenvalue weighted by Gasteiger charge is 2.62. The first kappa shape index (κ1) is 29.5. The quantitative estimate of drug-likeness (QED) is 0.224. The Labute approximate surface area is 225 Å². The number of allylic oxidation sites excluding steroid dienone is 6. The van der Waals surface area contributed by atoms with Gasteiger partial charge in [0, 0.05) is 6.42 Å². The lowest BCUT2D eigenvalue weighted by molar-refractivity contribution is -0.146. The summed E-state index contributed by atoms with van der Waals surface area (Å²) in [6.07, 6.45) is 11.1. The minimum absolute atomic E-state index is 0.0876. The molecule has 0 spiro atoms. The Balaban J connectivity index is 1.97. The van der Waals surface area contributed by atoms with Gasteiger partial charge in [-0.1, -0.05) is 71.1 Å². The lowest BCUT2D eigenvalue weighted by atomic mass is 9.48. The monoisotopic (exact) mass is 510 g/mol. The minimum Gasteiger partial charge on any atom is -0.481 e. The van der Waals surface area contributed by atoms with Crippen LogP contribution in [0, 0.1) is 39.9 Å². The number of ether oxygens (including phenoxy) is 1. The van der Waals surface area contributed by atoms with Crippen molar-refractivity contribution in [3.05, 3.63) is 47.6 Å². The topological polar surface area (TPSA) is 63.6 Å². The number of carbonyl (C=O) groups is 2. The molecule has 1 fully saturated rings. The van der Waals surface area contributed by atoms with Crippen molar-refractivity contribution in [2.45, 2.75) is 99.8 Å². The summed E-state index contributed by atoms with van der Waals surface area (Å²) in [5.41, 5.74) is 4.65. The van der Waals surface area contributed by atoms with Gasteiger partial charge in [0.1, 0.15) is 0 Å². The van der Waals surface area contributed by atoms with Crippen LogP contribution in [0.3, 0.4) is 0 Å². The van der Waals surface area contributed by atoms with Crippen LogP contribution in [0.5, 0.6) is 0 Å². The molecule has 4 nitrogen and oxygen atoms in total. The van der Waals surface area contributed by atoms with E-state index in [0.717, 1.165) is 49.7 Å². The average Bonchev–Trinajstić information content (AvgIpc) is 3.09. The maximum absolute atomic E-state index is 12.6. The van der Waals surface area contributed by atoms with Gasteiger partial charge in [0.25, 0.3) is 0 Å². The molecule has 0 bridgehead atoms. The molecule has 0 heterocycles. The third-order valence-electron chi connectivity index (χ3n) is 10.7. The number of carboxylic acid groups (broad SMARTS) is 1. The van der Waals surface area contributed by atoms with E-state index in [9.17, 15) is 14.7 Å². The van der Waals surface area contributed by atoms with E-state index in [0.29, 0.717) is 25.4 Å². The lowest BCUT2D eigenvalue weighted by Gasteiger charge is -2.56. The van der Waals surface area contributed by atoms with Crippen LogP contribution < -0.4 is 0 Å². The van der Waals surface area contributed by atoms with E-state index < -0.39 is 5.97 Å². The number of aliphatic carboxylic acids is 1. The summed E-state index contributed by atoms with van der Waals surface area (Å²) in [7, 11) is 0. The van der Waals surface area contributed by atoms with Crippen molar-refractivity contribution in [3.8, 4) is 0 Å². The van der Waals surface area contributed by atoms with Crippen molar-refractivity contribution >= 4 is 11.9 Å². The molecule has 1 saturated carbocycles. The highest BCUT2D eigenvalue weighted by Crippen LogP contribution is 2.70. The maximum Gasteiger partial charge on any atom is 0.306 e. The standard InChI is InChI=1S/C33H50O4/c1-10-37-29(34)17-18-31(7)25(22(4)5)13-14-28-27(31)16-20-32(8)26(15-19-33(28,32)9)24(30(35)36)12-11-23(6)21(2)3/h14,16,21,24-26H,4,6,10-13,15,17-20H2,1-3,5,7-9H3,(H,35,36). The molecule has 0 aromatic rings. The molecule has 3 aliphatic rings. The van der Waals surface area contributed by atoms with Gasteiger partial charge >= 0.3 is 11.9 Å². The Morgan fingerprint density at radius 2 is 1.81 bits per heavy atom. The molecule has 0 aliphatic heterocycles. The van der Waals surface area contributed by atoms with Gasteiger partial charge in [-0.15, -0.1) is 0 Å². The Bertz CT molecular complexity index is 1000. The van der Waals surface area contributed by atoms with Gasteiger partial charge in [-0.3, -0.25) is 9.59 Å². The average molecular weight is 511 g/mol. The van der Waals surface area contributed by atoms with Crippen molar-refractivity contribution in [2.24, 2.45) is 39.9 Å². The van der Waals surface area contributed by atoms with Gasteiger partial charge in [0.05, 0.1) is 12.5 Å². The predicted octanol–water partition coefficient (Wildman–Crippen LogP) is 8.30. The van der Waals surface area contributed by atoms with Crippen molar-refractivity contribution in [1.29, 1.82) is 0 Å². The third-order valence-corrected chi connectivity index (χ3v) is 10.7. The highest BCUT2D eigenvalue weighted by molar-refractivity contribution is 5.71. The first-order valence-corrected chi connectivity index (χ1v) is 14.4. The third kappa shape index (κ3) is 5.14. The first-order valence-electron chi connectivity index (χ1n) is 14.4. The fraction of sp³-hybridized carbons (Fsp3) is 0.697. The van der Waals surface area contributed by atoms with E-state index in [2.05, 4.69) is 66.9 Å². The molecule has 3 rings (SSSR count). The van der Waals surface area contributed by atoms with Gasteiger partial charge in [-0.25, -0.2) is 0 Å². The zero-order valence-corrected chi connectivity index (χ0v) is 24.4. The number of esters is 1. The van der Waals surface area contributed by atoms with Crippen LogP contribution in [0.25, 0.3) is 0 Å². The smallest absolute Gasteiger partial charge is 0.306 e. The largest absolute Gasteiger partial charge is 0.481 e. The zero-order valence-electron chi connectivity index (χ0n) is 24.4. The molecule has 4 heteroatoms. The molecule has 0 radical (unpaired) electrons. The molecule has 1 N–H and O–H groups in total. The Morgan fingerprint density at radius 1 is 1.14 bits per heavy atom. The molecule has 0 saturated heterocycles. The van der Waals surface area contributed by atoms with E-state index >= 15 is 0 Å². The van der Waals surface area contributed by atoms with E-state index in [4.69, 9.17) is 4.74 Å². The number of rotatable bonds is 11. The molecule has 0 amide bonds. The number of fused-ring (bicyclic) bond motifs is 3. The molecule has 0 aromatic heterocycles. The zero-order chi connectivity index (χ0) is 27.8. The Morgan fingerprint density at radius 3 is 2.38 bits per heavy atom. The Kier molecular flexibility index (Phi) is 8.71. The van der Waals surface area contributed by atoms with Crippen molar-refractivity contribution in [2.75, 3.05) is 6.61 Å². The van der Waals surface area contributed by atoms with Crippen LogP contribution in [0.1, 0.15) is 99.8 Å². The normalized spacial score (nSPS) is 33.6. The second kappa shape index (κ2) is 10.9. The van der Waals surface area contributed by atoms with Crippen molar-refractivity contribution in [1.82, 2.24) is 0 Å². The van der Waals surface area contributed by atoms with Gasteiger partial charge in [0.15, 0.2) is 0 Å². The summed E-state index contributed by atoms with van der Waals surface area (Å²) in [6.45, 7) is 24.2. The number of hydrogen-bond donors (Lipinski definition) is 1. The molecular formula is C33H50O4. The molecule has 37 heavy (non-hydrogen) atoms. The summed E-state index contributed by atoms with van der Waals surface area (Å²) in [6, 6.07) is 0. The summed E-state index contributed by atoms with van der Waals surface area (Å²) in [4.78, 5) is 24.9. The SMILES string of the molecule is C=C(CCC(C(=O)O)C1CCC2(C)C3=CCC(C(=C)C)C(C)(CCC(=O)OCC)C3=CCC12C)C(C)C. The van der Waals surface area contributed by atoms with Crippen LogP contribution in [0.2, 0.25) is 0 Å². The number of hydrogen-bond acceptors (Lipinski definition) is 3. The summed E-state index contributed by atoms with van der Waals surface area (Å²) >= 11 is 0. The first-order chi connectivity index (χ1) is 17.2. The molecule has 3 aliphatic carbocycles. The molecule has 6 atom stereocenters. The van der Waals surface area contributed by atoms with Crippen LogP contribution >= 0.6 is 0 Å². The van der Waals surface area contributed by atoms with Crippen molar-refractivity contribution in [3.63, 3.8) is 0 Å². The van der Waals surface area contributed by atoms with E-state index in [1.165, 1.54) is 11.1 Å². The molecule has 0 aromatic carbocycles. The van der Waals surface area contributed by atoms with Gasteiger partial charge in [-0.2, -0.15) is 0 Å². The second-order valence-electron chi connectivity index (χ2n) is 13.0. The minimum atomic E-state index is -0.666. The summed E-state index contributed by atoms with van der Waals surface area (Å²) in [5.74, 6) is -0.393. The molecule has 6 unspecified atom stereocenters. The molecule has 206 valence electrons. The van der Waals surface area contributed by atoms with Crippen LogP contribution in [-0.4, -0.2) is 23.7 Å². The second-order valence-corrected chi connectivity index (χ2v) is 13.0. The Hall–Kier alpha value is -2.10. The predicted molar refractivity (Wildman–Crippen MR) is 151 cm³/mol. The van der Waals surface area contributed by atoms with E-state index in [1.807, 2.05) is 6.92 Å². The lowest BCUT2D eigenvalue weighted by Crippen LogP contribution is -2.48. The number of carbonyl (C=O) groups excluding carboxylic acids is 1. The fourth-order valence-electron chi connectivity index (χ4n) is 7.98. The van der Waals surface area contributed by atoms with Crippen LogP contribution in [0.15, 0.2) is 47.6 Å². The van der Waals surface area contributed by atoms with E-state index in [-0.39, 0.29) is 40.0 Å². The van der Waals surface area contributed by atoms with Crippen molar-refractivity contribution < 1.29 is 19.4 Å². The maximum atomic E-state index is 12.6. The van der Waals surface area contributed by atoms with Crippen LogP contribution in [-0.2, 0) is 14.3 Å². The summed E-state index contributed by atoms with van der Waals surface area (Å²) < 4.78 is 5.27. The van der Waals surface area contributed by atoms with Gasteiger partial charge < -0.3 is 9.84 Å². The fourth-order valence-corrected chi connectivity index (χ4v) is 7.98. The number of carboxylic acids is 1. The van der Waals surface area contributed by atoms with Crippen LogP contribution in [0.4, 0.5) is 0 Å². The molecular weight excluding hydrogens is 460 g/mol.